The van der Waals surface area contributed by atoms with Crippen molar-refractivity contribution < 1.29 is 17.9 Å². The molecule has 0 atom stereocenters. The highest BCUT2D eigenvalue weighted by molar-refractivity contribution is 7.80. The molecule has 104 valence electrons. The Labute approximate surface area is 118 Å². The van der Waals surface area contributed by atoms with Gasteiger partial charge in [0.05, 0.1) is 5.56 Å². The highest BCUT2D eigenvalue weighted by Crippen LogP contribution is 2.31. The van der Waals surface area contributed by atoms with Crippen LogP contribution in [0.2, 0.25) is 0 Å². The molecule has 0 aliphatic rings. The third-order valence-electron chi connectivity index (χ3n) is 2.40. The molecule has 2 rings (SSSR count). The molecule has 0 amide bonds. The number of hydrogen-bond donors (Lipinski definition) is 1. The first-order valence-corrected chi connectivity index (χ1v) is 5.88. The van der Waals surface area contributed by atoms with Gasteiger partial charge in [0, 0.05) is 12.3 Å². The van der Waals surface area contributed by atoms with Gasteiger partial charge in [0.1, 0.15) is 22.2 Å². The number of ether oxygens (including phenoxy) is 1. The van der Waals surface area contributed by atoms with Crippen molar-refractivity contribution in [2.75, 3.05) is 0 Å². The number of rotatable bonds is 3. The number of hydrogen-bond acceptors (Lipinski definition) is 3. The van der Waals surface area contributed by atoms with Crippen LogP contribution in [0.3, 0.4) is 0 Å². The minimum Gasteiger partial charge on any atom is -0.457 e. The second-order valence-corrected chi connectivity index (χ2v) is 4.31. The van der Waals surface area contributed by atoms with Crippen LogP contribution >= 0.6 is 12.2 Å². The number of halogens is 3. The Balaban J connectivity index is 2.18. The molecule has 0 spiro atoms. The normalized spacial score (nSPS) is 11.2. The van der Waals surface area contributed by atoms with Gasteiger partial charge >= 0.3 is 6.18 Å². The van der Waals surface area contributed by atoms with E-state index in [1.807, 2.05) is 0 Å². The Morgan fingerprint density at radius 2 is 1.75 bits per heavy atom. The molecule has 3 nitrogen and oxygen atoms in total. The molecule has 0 bridgehead atoms. The monoisotopic (exact) mass is 298 g/mol. The van der Waals surface area contributed by atoms with Crippen molar-refractivity contribution in [1.29, 1.82) is 0 Å². The van der Waals surface area contributed by atoms with Gasteiger partial charge in [-0.3, -0.25) is 4.98 Å². The number of alkyl halides is 3. The SMILES string of the molecule is NC(=S)c1cc(Oc2ccc(C(F)(F)F)cc2)ccn1. The van der Waals surface area contributed by atoms with Crippen LogP contribution in [0.25, 0.3) is 0 Å². The van der Waals surface area contributed by atoms with Gasteiger partial charge in [0.25, 0.3) is 0 Å². The molecule has 1 aromatic carbocycles. The Bertz CT molecular complexity index is 626. The molecule has 2 N–H and O–H groups in total. The van der Waals surface area contributed by atoms with E-state index in [4.69, 9.17) is 22.7 Å². The minimum atomic E-state index is -4.37. The van der Waals surface area contributed by atoms with E-state index in [-0.39, 0.29) is 10.7 Å². The van der Waals surface area contributed by atoms with Gasteiger partial charge in [0.15, 0.2) is 0 Å². The van der Waals surface area contributed by atoms with Crippen LogP contribution in [-0.2, 0) is 6.18 Å². The lowest BCUT2D eigenvalue weighted by molar-refractivity contribution is -0.137. The van der Waals surface area contributed by atoms with Crippen LogP contribution in [0.4, 0.5) is 13.2 Å². The average molecular weight is 298 g/mol. The summed E-state index contributed by atoms with van der Waals surface area (Å²) >= 11 is 4.78. The fourth-order valence-electron chi connectivity index (χ4n) is 1.46. The molecule has 0 aliphatic carbocycles. The van der Waals surface area contributed by atoms with Crippen LogP contribution in [0, 0.1) is 0 Å². The zero-order valence-corrected chi connectivity index (χ0v) is 10.8. The molecule has 7 heteroatoms. The van der Waals surface area contributed by atoms with Crippen molar-refractivity contribution in [3.8, 4) is 11.5 Å². The topological polar surface area (TPSA) is 48.1 Å². The summed E-state index contributed by atoms with van der Waals surface area (Å²) in [7, 11) is 0. The second-order valence-electron chi connectivity index (χ2n) is 3.87. The van der Waals surface area contributed by atoms with Gasteiger partial charge < -0.3 is 10.5 Å². The lowest BCUT2D eigenvalue weighted by Crippen LogP contribution is -2.11. The van der Waals surface area contributed by atoms with Gasteiger partial charge in [-0.05, 0) is 30.3 Å². The third-order valence-corrected chi connectivity index (χ3v) is 2.61. The lowest BCUT2D eigenvalue weighted by atomic mass is 10.2. The van der Waals surface area contributed by atoms with Crippen molar-refractivity contribution in [2.45, 2.75) is 6.18 Å². The molecule has 1 heterocycles. The van der Waals surface area contributed by atoms with Gasteiger partial charge in [-0.25, -0.2) is 0 Å². The Kier molecular flexibility index (Phi) is 3.89. The van der Waals surface area contributed by atoms with E-state index in [1.54, 1.807) is 6.07 Å². The van der Waals surface area contributed by atoms with Crippen molar-refractivity contribution in [3.63, 3.8) is 0 Å². The highest BCUT2D eigenvalue weighted by Gasteiger charge is 2.30. The van der Waals surface area contributed by atoms with Crippen molar-refractivity contribution in [2.24, 2.45) is 5.73 Å². The Morgan fingerprint density at radius 3 is 2.30 bits per heavy atom. The molecule has 0 saturated carbocycles. The molecule has 0 fully saturated rings. The molecule has 0 saturated heterocycles. The highest BCUT2D eigenvalue weighted by atomic mass is 32.1. The van der Waals surface area contributed by atoms with E-state index in [0.717, 1.165) is 12.1 Å². The Morgan fingerprint density at radius 1 is 1.10 bits per heavy atom. The van der Waals surface area contributed by atoms with Crippen LogP contribution in [0.15, 0.2) is 42.6 Å². The zero-order chi connectivity index (χ0) is 14.8. The summed E-state index contributed by atoms with van der Waals surface area (Å²) in [4.78, 5) is 4.05. The number of aromatic nitrogens is 1. The summed E-state index contributed by atoms with van der Waals surface area (Å²) < 4.78 is 42.6. The predicted molar refractivity (Wildman–Crippen MR) is 71.6 cm³/mol. The molecule has 20 heavy (non-hydrogen) atoms. The zero-order valence-electron chi connectivity index (χ0n) is 10.0. The van der Waals surface area contributed by atoms with Crippen LogP contribution in [-0.4, -0.2) is 9.97 Å². The maximum Gasteiger partial charge on any atom is 0.416 e. The maximum absolute atomic E-state index is 12.4. The number of pyridine rings is 1. The van der Waals surface area contributed by atoms with E-state index >= 15 is 0 Å². The molecular formula is C13H9F3N2OS. The first-order chi connectivity index (χ1) is 9.36. The second kappa shape index (κ2) is 5.46. The smallest absolute Gasteiger partial charge is 0.416 e. The van der Waals surface area contributed by atoms with Crippen molar-refractivity contribution >= 4 is 17.2 Å². The summed E-state index contributed by atoms with van der Waals surface area (Å²) in [5.74, 6) is 0.667. The van der Waals surface area contributed by atoms with E-state index in [0.29, 0.717) is 11.4 Å². The van der Waals surface area contributed by atoms with Crippen LogP contribution in [0.5, 0.6) is 11.5 Å². The van der Waals surface area contributed by atoms with E-state index in [2.05, 4.69) is 4.98 Å². The summed E-state index contributed by atoms with van der Waals surface area (Å²) in [6.07, 6.45) is -2.91. The summed E-state index contributed by atoms with van der Waals surface area (Å²) in [5, 5.41) is 0. The fraction of sp³-hybridized carbons (Fsp3) is 0.0769. The van der Waals surface area contributed by atoms with Gasteiger partial charge in [-0.15, -0.1) is 0 Å². The van der Waals surface area contributed by atoms with Gasteiger partial charge in [-0.2, -0.15) is 13.2 Å². The molecule has 0 radical (unpaired) electrons. The van der Waals surface area contributed by atoms with Gasteiger partial charge in [0.2, 0.25) is 0 Å². The van der Waals surface area contributed by atoms with Crippen LogP contribution < -0.4 is 10.5 Å². The third kappa shape index (κ3) is 3.45. The molecular weight excluding hydrogens is 289 g/mol. The summed E-state index contributed by atoms with van der Waals surface area (Å²) in [6, 6.07) is 7.45. The molecule has 2 aromatic rings. The molecule has 1 aromatic heterocycles. The minimum absolute atomic E-state index is 0.114. The lowest BCUT2D eigenvalue weighted by Gasteiger charge is -2.09. The quantitative estimate of drug-likeness (QED) is 0.881. The summed E-state index contributed by atoms with van der Waals surface area (Å²) in [6.45, 7) is 0. The average Bonchev–Trinajstić information content (AvgIpc) is 2.38. The van der Waals surface area contributed by atoms with Gasteiger partial charge in [-0.1, -0.05) is 12.2 Å². The van der Waals surface area contributed by atoms with Crippen molar-refractivity contribution in [1.82, 2.24) is 4.98 Å². The molecule has 0 unspecified atom stereocenters. The first-order valence-electron chi connectivity index (χ1n) is 5.47. The van der Waals surface area contributed by atoms with E-state index < -0.39 is 11.7 Å². The summed E-state index contributed by atoms with van der Waals surface area (Å²) in [5.41, 5.74) is 5.08. The van der Waals surface area contributed by atoms with E-state index in [9.17, 15) is 13.2 Å². The fourth-order valence-corrected chi connectivity index (χ4v) is 1.57. The predicted octanol–water partition coefficient (Wildman–Crippen LogP) is 3.53. The number of benzene rings is 1. The number of nitrogens with two attached hydrogens (primary N) is 1. The largest absolute Gasteiger partial charge is 0.457 e. The van der Waals surface area contributed by atoms with Crippen LogP contribution in [0.1, 0.15) is 11.3 Å². The molecule has 0 aliphatic heterocycles. The number of thiocarbonyl (C=S) groups is 1. The Hall–Kier alpha value is -2.15. The number of nitrogens with zero attached hydrogens (tertiary/aromatic N) is 1. The van der Waals surface area contributed by atoms with Crippen molar-refractivity contribution in [3.05, 3.63) is 53.9 Å². The standard InChI is InChI=1S/C13H9F3N2OS/c14-13(15,16)8-1-3-9(4-2-8)19-10-5-6-18-11(7-10)12(17)20/h1-7H,(H2,17,20). The first kappa shape index (κ1) is 14.3. The maximum atomic E-state index is 12.4. The van der Waals surface area contributed by atoms with E-state index in [1.165, 1.54) is 24.4 Å².